The SMILES string of the molecule is C(#Cc1ccc2ccccc2c1)c1ccc(-n2c3ccccc3c3ccccc32)cc1. The summed E-state index contributed by atoms with van der Waals surface area (Å²) in [5, 5.41) is 5.01. The van der Waals surface area contributed by atoms with Crippen LogP contribution in [0.15, 0.2) is 115 Å². The first kappa shape index (κ1) is 17.6. The molecule has 1 nitrogen and oxygen atoms in total. The second-order valence-electron chi connectivity index (χ2n) is 7.73. The highest BCUT2D eigenvalue weighted by Crippen LogP contribution is 2.31. The molecule has 0 saturated heterocycles. The Hall–Kier alpha value is -4.28. The van der Waals surface area contributed by atoms with Crippen molar-refractivity contribution < 1.29 is 0 Å². The summed E-state index contributed by atoms with van der Waals surface area (Å²) in [6, 6.07) is 40.4. The van der Waals surface area contributed by atoms with E-state index in [0.29, 0.717) is 0 Å². The summed E-state index contributed by atoms with van der Waals surface area (Å²) in [5.74, 6) is 6.62. The number of para-hydroxylation sites is 2. The molecule has 0 unspecified atom stereocenters. The molecule has 0 radical (unpaired) electrons. The molecule has 144 valence electrons. The van der Waals surface area contributed by atoms with Gasteiger partial charge in [0.2, 0.25) is 0 Å². The maximum atomic E-state index is 3.31. The van der Waals surface area contributed by atoms with E-state index >= 15 is 0 Å². The molecule has 0 amide bonds. The number of aromatic nitrogens is 1. The Morgan fingerprint density at radius 3 is 1.71 bits per heavy atom. The number of nitrogens with zero attached hydrogens (tertiary/aromatic N) is 1. The van der Waals surface area contributed by atoms with Crippen molar-refractivity contribution >= 4 is 32.6 Å². The largest absolute Gasteiger partial charge is 0.309 e. The molecule has 0 spiro atoms. The summed E-state index contributed by atoms with van der Waals surface area (Å²) in [6.07, 6.45) is 0. The van der Waals surface area contributed by atoms with E-state index in [1.807, 2.05) is 0 Å². The van der Waals surface area contributed by atoms with Crippen LogP contribution in [0.2, 0.25) is 0 Å². The van der Waals surface area contributed by atoms with Crippen molar-refractivity contribution in [3.63, 3.8) is 0 Å². The molecule has 1 aromatic heterocycles. The fraction of sp³-hybridized carbons (Fsp3) is 0. The Bertz CT molecular complexity index is 1570. The lowest BCUT2D eigenvalue weighted by atomic mass is 10.1. The normalized spacial score (nSPS) is 11.0. The highest BCUT2D eigenvalue weighted by atomic mass is 15.0. The molecule has 0 bridgehead atoms. The molecule has 0 fully saturated rings. The summed E-state index contributed by atoms with van der Waals surface area (Å²) in [6.45, 7) is 0. The lowest BCUT2D eigenvalue weighted by Gasteiger charge is -2.07. The maximum Gasteiger partial charge on any atom is 0.0541 e. The standard InChI is InChI=1S/C30H19N/c1-2-8-25-21-23(15-18-24(25)7-1)14-13-22-16-19-26(20-17-22)31-29-11-5-3-9-27(29)28-10-4-6-12-30(28)31/h1-12,15-21H. The van der Waals surface area contributed by atoms with E-state index in [1.165, 1.54) is 32.6 Å². The van der Waals surface area contributed by atoms with Crippen LogP contribution in [0.4, 0.5) is 0 Å². The monoisotopic (exact) mass is 393 g/mol. The van der Waals surface area contributed by atoms with Crippen molar-refractivity contribution in [3.8, 4) is 17.5 Å². The van der Waals surface area contributed by atoms with Gasteiger partial charge in [-0.1, -0.05) is 78.6 Å². The van der Waals surface area contributed by atoms with E-state index in [1.54, 1.807) is 0 Å². The molecular formula is C30H19N. The van der Waals surface area contributed by atoms with Gasteiger partial charge in [-0.05, 0) is 59.3 Å². The van der Waals surface area contributed by atoms with E-state index in [9.17, 15) is 0 Å². The predicted molar refractivity (Wildman–Crippen MR) is 131 cm³/mol. The molecule has 0 N–H and O–H groups in total. The lowest BCUT2D eigenvalue weighted by Crippen LogP contribution is -1.93. The summed E-state index contributed by atoms with van der Waals surface area (Å²) in [5.41, 5.74) is 5.63. The van der Waals surface area contributed by atoms with Crippen molar-refractivity contribution in [2.24, 2.45) is 0 Å². The number of benzene rings is 5. The van der Waals surface area contributed by atoms with Crippen molar-refractivity contribution in [2.45, 2.75) is 0 Å². The maximum absolute atomic E-state index is 3.31. The highest BCUT2D eigenvalue weighted by molar-refractivity contribution is 6.09. The van der Waals surface area contributed by atoms with E-state index in [2.05, 4.69) is 132 Å². The summed E-state index contributed by atoms with van der Waals surface area (Å²) >= 11 is 0. The average molecular weight is 393 g/mol. The van der Waals surface area contributed by atoms with E-state index in [4.69, 9.17) is 0 Å². The molecular weight excluding hydrogens is 374 g/mol. The average Bonchev–Trinajstić information content (AvgIpc) is 3.17. The third-order valence-corrected chi connectivity index (χ3v) is 5.81. The Balaban J connectivity index is 1.39. The van der Waals surface area contributed by atoms with Gasteiger partial charge in [-0.2, -0.15) is 0 Å². The molecule has 0 aliphatic carbocycles. The van der Waals surface area contributed by atoms with Gasteiger partial charge in [-0.15, -0.1) is 0 Å². The molecule has 6 aromatic rings. The van der Waals surface area contributed by atoms with Gasteiger partial charge in [0.1, 0.15) is 0 Å². The van der Waals surface area contributed by atoms with Gasteiger partial charge in [0, 0.05) is 27.6 Å². The number of hydrogen-bond donors (Lipinski definition) is 0. The minimum atomic E-state index is 1.01. The Kier molecular flexibility index (Phi) is 4.08. The molecule has 0 aliphatic heterocycles. The number of rotatable bonds is 1. The van der Waals surface area contributed by atoms with Crippen LogP contribution in [0.25, 0.3) is 38.3 Å². The van der Waals surface area contributed by atoms with Crippen LogP contribution in [-0.2, 0) is 0 Å². The van der Waals surface area contributed by atoms with Crippen molar-refractivity contribution in [3.05, 3.63) is 126 Å². The zero-order valence-electron chi connectivity index (χ0n) is 16.9. The minimum Gasteiger partial charge on any atom is -0.309 e. The zero-order valence-corrected chi connectivity index (χ0v) is 16.9. The molecule has 0 aliphatic rings. The predicted octanol–water partition coefficient (Wildman–Crippen LogP) is 7.34. The smallest absolute Gasteiger partial charge is 0.0541 e. The molecule has 6 rings (SSSR count). The van der Waals surface area contributed by atoms with Gasteiger partial charge in [0.05, 0.1) is 11.0 Å². The van der Waals surface area contributed by atoms with Crippen LogP contribution in [0.1, 0.15) is 11.1 Å². The Labute approximate surface area is 181 Å². The number of fused-ring (bicyclic) bond motifs is 4. The van der Waals surface area contributed by atoms with E-state index < -0.39 is 0 Å². The fourth-order valence-electron chi connectivity index (χ4n) is 4.31. The summed E-state index contributed by atoms with van der Waals surface area (Å²) in [7, 11) is 0. The highest BCUT2D eigenvalue weighted by Gasteiger charge is 2.10. The molecule has 5 aromatic carbocycles. The van der Waals surface area contributed by atoms with Crippen LogP contribution >= 0.6 is 0 Å². The molecule has 31 heavy (non-hydrogen) atoms. The first-order chi connectivity index (χ1) is 15.4. The minimum absolute atomic E-state index is 1.01. The van der Waals surface area contributed by atoms with Gasteiger partial charge in [-0.3, -0.25) is 0 Å². The van der Waals surface area contributed by atoms with Crippen LogP contribution in [0.5, 0.6) is 0 Å². The third kappa shape index (κ3) is 3.06. The second-order valence-corrected chi connectivity index (χ2v) is 7.73. The van der Waals surface area contributed by atoms with Gasteiger partial charge in [0.15, 0.2) is 0 Å². The van der Waals surface area contributed by atoms with Gasteiger partial charge < -0.3 is 4.57 Å². The van der Waals surface area contributed by atoms with Crippen molar-refractivity contribution in [1.29, 1.82) is 0 Å². The van der Waals surface area contributed by atoms with Crippen LogP contribution in [0.3, 0.4) is 0 Å². The van der Waals surface area contributed by atoms with Crippen LogP contribution in [-0.4, -0.2) is 4.57 Å². The Morgan fingerprint density at radius 1 is 0.452 bits per heavy atom. The fourth-order valence-corrected chi connectivity index (χ4v) is 4.31. The molecule has 0 atom stereocenters. The Morgan fingerprint density at radius 2 is 1.00 bits per heavy atom. The van der Waals surface area contributed by atoms with Crippen molar-refractivity contribution in [2.75, 3.05) is 0 Å². The van der Waals surface area contributed by atoms with Gasteiger partial charge in [0.25, 0.3) is 0 Å². The van der Waals surface area contributed by atoms with Gasteiger partial charge in [-0.25, -0.2) is 0 Å². The van der Waals surface area contributed by atoms with Crippen LogP contribution in [0, 0.1) is 11.8 Å². The van der Waals surface area contributed by atoms with Crippen molar-refractivity contribution in [1.82, 2.24) is 4.57 Å². The second kappa shape index (κ2) is 7.20. The molecule has 1 heterocycles. The van der Waals surface area contributed by atoms with Crippen LogP contribution < -0.4 is 0 Å². The zero-order chi connectivity index (χ0) is 20.6. The first-order valence-corrected chi connectivity index (χ1v) is 10.5. The first-order valence-electron chi connectivity index (χ1n) is 10.5. The topological polar surface area (TPSA) is 4.93 Å². The quantitative estimate of drug-likeness (QED) is 0.258. The molecule has 1 heteroatoms. The summed E-state index contributed by atoms with van der Waals surface area (Å²) in [4.78, 5) is 0. The molecule has 0 saturated carbocycles. The van der Waals surface area contributed by atoms with E-state index in [-0.39, 0.29) is 0 Å². The lowest BCUT2D eigenvalue weighted by molar-refractivity contribution is 1.18. The summed E-state index contributed by atoms with van der Waals surface area (Å²) < 4.78 is 2.32. The van der Waals surface area contributed by atoms with E-state index in [0.717, 1.165) is 16.8 Å². The number of hydrogen-bond acceptors (Lipinski definition) is 0. The third-order valence-electron chi connectivity index (χ3n) is 5.81. The van der Waals surface area contributed by atoms with Gasteiger partial charge >= 0.3 is 0 Å².